The predicted octanol–water partition coefficient (Wildman–Crippen LogP) is 1.38. The summed E-state index contributed by atoms with van der Waals surface area (Å²) in [6, 6.07) is 5.89. The molecule has 2 rings (SSSR count). The number of anilines is 1. The zero-order valence-corrected chi connectivity index (χ0v) is 11.0. The van der Waals surface area contributed by atoms with Crippen molar-refractivity contribution in [1.82, 2.24) is 9.78 Å². The topological polar surface area (TPSA) is 93.4 Å². The van der Waals surface area contributed by atoms with Crippen molar-refractivity contribution in [2.45, 2.75) is 0 Å². The molecule has 1 heterocycles. The van der Waals surface area contributed by atoms with Crippen LogP contribution in [-0.2, 0) is 7.05 Å². The molecule has 0 saturated carbocycles. The number of carbonyl (C=O) groups is 2. The summed E-state index contributed by atoms with van der Waals surface area (Å²) >= 11 is 0. The molecule has 0 spiro atoms. The van der Waals surface area contributed by atoms with E-state index in [1.807, 2.05) is 0 Å². The van der Waals surface area contributed by atoms with Crippen LogP contribution < -0.4 is 10.1 Å². The molecule has 2 aromatic rings. The third-order valence-corrected chi connectivity index (χ3v) is 2.76. The summed E-state index contributed by atoms with van der Waals surface area (Å²) in [5.41, 5.74) is 0.480. The fourth-order valence-corrected chi connectivity index (χ4v) is 1.72. The van der Waals surface area contributed by atoms with Gasteiger partial charge >= 0.3 is 5.97 Å². The van der Waals surface area contributed by atoms with Gasteiger partial charge in [-0.05, 0) is 18.2 Å². The van der Waals surface area contributed by atoms with Gasteiger partial charge in [-0.2, -0.15) is 5.10 Å². The van der Waals surface area contributed by atoms with Crippen LogP contribution in [0.1, 0.15) is 20.8 Å². The van der Waals surface area contributed by atoms with Crippen LogP contribution in [-0.4, -0.2) is 33.9 Å². The number of hydrogen-bond acceptors (Lipinski definition) is 4. The molecule has 7 nitrogen and oxygen atoms in total. The summed E-state index contributed by atoms with van der Waals surface area (Å²) in [4.78, 5) is 23.2. The number of aromatic carboxylic acids is 1. The summed E-state index contributed by atoms with van der Waals surface area (Å²) in [5.74, 6) is -1.12. The molecule has 0 saturated heterocycles. The first-order valence-electron chi connectivity index (χ1n) is 5.73. The number of methoxy groups -OCH3 is 1. The Hall–Kier alpha value is -2.83. The molecule has 0 radical (unpaired) electrons. The second kappa shape index (κ2) is 5.43. The Kier molecular flexibility index (Phi) is 3.69. The standard InChI is InChI=1S/C13H13N3O4/c1-16-11(5-6-14-16)12(17)15-10-7-8(20-2)3-4-9(10)13(18)19/h3-7H,1-2H3,(H,15,17)(H,18,19). The molecule has 20 heavy (non-hydrogen) atoms. The minimum absolute atomic E-state index is 0.0127. The number of carboxylic acids is 1. The van der Waals surface area contributed by atoms with Crippen LogP contribution in [0, 0.1) is 0 Å². The Balaban J connectivity index is 2.34. The van der Waals surface area contributed by atoms with Crippen LogP contribution in [0.25, 0.3) is 0 Å². The normalized spacial score (nSPS) is 10.1. The highest BCUT2D eigenvalue weighted by Crippen LogP contribution is 2.23. The smallest absolute Gasteiger partial charge is 0.337 e. The summed E-state index contributed by atoms with van der Waals surface area (Å²) < 4.78 is 6.42. The number of rotatable bonds is 4. The van der Waals surface area contributed by atoms with E-state index in [2.05, 4.69) is 10.4 Å². The molecule has 0 bridgehead atoms. The first-order valence-corrected chi connectivity index (χ1v) is 5.73. The van der Waals surface area contributed by atoms with Crippen LogP contribution in [0.15, 0.2) is 30.5 Å². The number of nitrogens with one attached hydrogen (secondary N) is 1. The molecule has 1 aromatic heterocycles. The van der Waals surface area contributed by atoms with Gasteiger partial charge in [-0.25, -0.2) is 4.79 Å². The number of nitrogens with zero attached hydrogens (tertiary/aromatic N) is 2. The Labute approximate surface area is 114 Å². The third kappa shape index (κ3) is 2.61. The van der Waals surface area contributed by atoms with Crippen LogP contribution in [0.5, 0.6) is 5.75 Å². The molecule has 0 aliphatic rings. The number of amides is 1. The Morgan fingerprint density at radius 2 is 2.10 bits per heavy atom. The quantitative estimate of drug-likeness (QED) is 0.879. The molecule has 104 valence electrons. The van der Waals surface area contributed by atoms with Crippen molar-refractivity contribution in [3.8, 4) is 5.75 Å². The lowest BCUT2D eigenvalue weighted by Crippen LogP contribution is -2.18. The summed E-state index contributed by atoms with van der Waals surface area (Å²) in [7, 11) is 3.08. The minimum Gasteiger partial charge on any atom is -0.497 e. The molecule has 2 N–H and O–H groups in total. The van der Waals surface area contributed by atoms with Crippen molar-refractivity contribution in [2.24, 2.45) is 7.05 Å². The maximum absolute atomic E-state index is 12.1. The maximum atomic E-state index is 12.1. The highest BCUT2D eigenvalue weighted by Gasteiger charge is 2.16. The van der Waals surface area contributed by atoms with Gasteiger partial charge in [0.25, 0.3) is 5.91 Å². The largest absolute Gasteiger partial charge is 0.497 e. The number of carboxylic acid groups (broad SMARTS) is 1. The minimum atomic E-state index is -1.13. The van der Waals surface area contributed by atoms with Gasteiger partial charge in [0.15, 0.2) is 0 Å². The van der Waals surface area contributed by atoms with Gasteiger partial charge in [-0.1, -0.05) is 0 Å². The van der Waals surface area contributed by atoms with Crippen molar-refractivity contribution in [1.29, 1.82) is 0 Å². The lowest BCUT2D eigenvalue weighted by atomic mass is 10.1. The van der Waals surface area contributed by atoms with Crippen LogP contribution in [0.3, 0.4) is 0 Å². The van der Waals surface area contributed by atoms with E-state index >= 15 is 0 Å². The third-order valence-electron chi connectivity index (χ3n) is 2.76. The van der Waals surface area contributed by atoms with Gasteiger partial charge in [0.2, 0.25) is 0 Å². The van der Waals surface area contributed by atoms with Gasteiger partial charge in [0.05, 0.1) is 18.4 Å². The summed E-state index contributed by atoms with van der Waals surface area (Å²) in [5, 5.41) is 15.6. The monoisotopic (exact) mass is 275 g/mol. The van der Waals surface area contributed by atoms with Crippen molar-refractivity contribution in [2.75, 3.05) is 12.4 Å². The second-order valence-corrected chi connectivity index (χ2v) is 4.01. The molecule has 1 aromatic carbocycles. The molecule has 0 unspecified atom stereocenters. The molecule has 0 aliphatic heterocycles. The van der Waals surface area contributed by atoms with Crippen LogP contribution in [0.4, 0.5) is 5.69 Å². The molecule has 0 atom stereocenters. The number of benzene rings is 1. The SMILES string of the molecule is COc1ccc(C(=O)O)c(NC(=O)c2ccnn2C)c1. The highest BCUT2D eigenvalue weighted by atomic mass is 16.5. The van der Waals surface area contributed by atoms with Gasteiger partial charge in [0, 0.05) is 19.3 Å². The van der Waals surface area contributed by atoms with E-state index in [1.54, 1.807) is 7.05 Å². The fourth-order valence-electron chi connectivity index (χ4n) is 1.72. The van der Waals surface area contributed by atoms with Crippen molar-refractivity contribution in [3.63, 3.8) is 0 Å². The lowest BCUT2D eigenvalue weighted by molar-refractivity contribution is 0.0698. The van der Waals surface area contributed by atoms with Crippen molar-refractivity contribution in [3.05, 3.63) is 41.7 Å². The number of aromatic nitrogens is 2. The number of carbonyl (C=O) groups excluding carboxylic acids is 1. The van der Waals surface area contributed by atoms with Crippen LogP contribution >= 0.6 is 0 Å². The number of hydrogen-bond donors (Lipinski definition) is 2. The molecule has 7 heteroatoms. The van der Waals surface area contributed by atoms with E-state index in [0.717, 1.165) is 0 Å². The van der Waals surface area contributed by atoms with E-state index in [-0.39, 0.29) is 11.3 Å². The zero-order valence-electron chi connectivity index (χ0n) is 11.0. The van der Waals surface area contributed by atoms with Crippen molar-refractivity contribution >= 4 is 17.6 Å². The second-order valence-electron chi connectivity index (χ2n) is 4.01. The Bertz CT molecular complexity index is 663. The average Bonchev–Trinajstić information content (AvgIpc) is 2.84. The maximum Gasteiger partial charge on any atom is 0.337 e. The summed E-state index contributed by atoms with van der Waals surface area (Å²) in [6.45, 7) is 0. The summed E-state index contributed by atoms with van der Waals surface area (Å²) in [6.07, 6.45) is 1.48. The highest BCUT2D eigenvalue weighted by molar-refractivity contribution is 6.07. The van der Waals surface area contributed by atoms with Gasteiger partial charge in [0.1, 0.15) is 11.4 Å². The lowest BCUT2D eigenvalue weighted by Gasteiger charge is -2.10. The number of aryl methyl sites for hydroxylation is 1. The van der Waals surface area contributed by atoms with Crippen LogP contribution in [0.2, 0.25) is 0 Å². The predicted molar refractivity (Wildman–Crippen MR) is 71.1 cm³/mol. The van der Waals surface area contributed by atoms with Gasteiger partial charge in [-0.15, -0.1) is 0 Å². The van der Waals surface area contributed by atoms with Gasteiger partial charge in [-0.3, -0.25) is 9.48 Å². The molecule has 1 amide bonds. The molecule has 0 fully saturated rings. The Morgan fingerprint density at radius 3 is 2.65 bits per heavy atom. The van der Waals surface area contributed by atoms with Crippen molar-refractivity contribution < 1.29 is 19.4 Å². The molecule has 0 aliphatic carbocycles. The van der Waals surface area contributed by atoms with E-state index in [0.29, 0.717) is 11.4 Å². The van der Waals surface area contributed by atoms with E-state index in [1.165, 1.54) is 42.3 Å². The Morgan fingerprint density at radius 1 is 1.35 bits per heavy atom. The van der Waals surface area contributed by atoms with E-state index < -0.39 is 11.9 Å². The van der Waals surface area contributed by atoms with Gasteiger partial charge < -0.3 is 15.2 Å². The zero-order chi connectivity index (χ0) is 14.7. The molecular formula is C13H13N3O4. The first-order chi connectivity index (χ1) is 9.52. The molecular weight excluding hydrogens is 262 g/mol. The fraction of sp³-hybridized carbons (Fsp3) is 0.154. The van der Waals surface area contributed by atoms with E-state index in [4.69, 9.17) is 9.84 Å². The first kappa shape index (κ1) is 13.6. The average molecular weight is 275 g/mol. The van der Waals surface area contributed by atoms with E-state index in [9.17, 15) is 9.59 Å². The number of ether oxygens (including phenoxy) is 1.